The van der Waals surface area contributed by atoms with Crippen LogP contribution in [0.4, 0.5) is 0 Å². The SMILES string of the molecule is C=C/C=C(\C=C/C)P(=O)(C(=O)c1c(C)cccc1C)c1ccccc1. The Bertz CT molecular complexity index is 869. The smallest absolute Gasteiger partial charge is 0.230 e. The van der Waals surface area contributed by atoms with Crippen LogP contribution in [0.5, 0.6) is 0 Å². The Morgan fingerprint density at radius 1 is 1.00 bits per heavy atom. The fraction of sp³-hybridized carbons (Fsp3) is 0.136. The van der Waals surface area contributed by atoms with Crippen molar-refractivity contribution in [1.29, 1.82) is 0 Å². The fourth-order valence-electron chi connectivity index (χ4n) is 2.89. The van der Waals surface area contributed by atoms with Crippen LogP contribution in [-0.4, -0.2) is 5.52 Å². The highest BCUT2D eigenvalue weighted by atomic mass is 31.2. The van der Waals surface area contributed by atoms with Crippen molar-refractivity contribution in [2.45, 2.75) is 20.8 Å². The summed E-state index contributed by atoms with van der Waals surface area (Å²) < 4.78 is 14.2. The largest absolute Gasteiger partial charge is 0.305 e. The van der Waals surface area contributed by atoms with Gasteiger partial charge in [-0.2, -0.15) is 0 Å². The second-order valence-electron chi connectivity index (χ2n) is 5.84. The third-order valence-corrected chi connectivity index (χ3v) is 6.94. The molecule has 0 bridgehead atoms. The van der Waals surface area contributed by atoms with Gasteiger partial charge in [-0.05, 0) is 31.9 Å². The van der Waals surface area contributed by atoms with Gasteiger partial charge in [0.1, 0.15) is 0 Å². The van der Waals surface area contributed by atoms with Gasteiger partial charge in [-0.15, -0.1) is 0 Å². The summed E-state index contributed by atoms with van der Waals surface area (Å²) in [5.74, 6) is 0. The van der Waals surface area contributed by atoms with E-state index >= 15 is 0 Å². The second-order valence-corrected chi connectivity index (χ2v) is 8.50. The number of rotatable bonds is 6. The Kier molecular flexibility index (Phi) is 6.12. The van der Waals surface area contributed by atoms with Gasteiger partial charge in [0, 0.05) is 16.2 Å². The van der Waals surface area contributed by atoms with Gasteiger partial charge in [-0.1, -0.05) is 79.4 Å². The molecule has 2 aromatic rings. The summed E-state index contributed by atoms with van der Waals surface area (Å²) >= 11 is 0. The molecule has 1 atom stereocenters. The molecule has 2 nitrogen and oxygen atoms in total. The molecule has 128 valence electrons. The van der Waals surface area contributed by atoms with E-state index in [1.807, 2.05) is 45.0 Å². The Hall–Kier alpha value is -2.44. The first-order chi connectivity index (χ1) is 12.0. The first kappa shape index (κ1) is 18.9. The van der Waals surface area contributed by atoms with Gasteiger partial charge in [0.2, 0.25) is 12.7 Å². The number of hydrogen-bond acceptors (Lipinski definition) is 2. The van der Waals surface area contributed by atoms with Crippen LogP contribution in [0.25, 0.3) is 0 Å². The molecule has 0 N–H and O–H groups in total. The minimum atomic E-state index is -3.52. The average Bonchev–Trinajstić information content (AvgIpc) is 2.61. The Morgan fingerprint density at radius 2 is 1.60 bits per heavy atom. The van der Waals surface area contributed by atoms with E-state index in [9.17, 15) is 9.36 Å². The quantitative estimate of drug-likeness (QED) is 0.489. The molecule has 0 aliphatic carbocycles. The molecule has 0 aliphatic heterocycles. The summed E-state index contributed by atoms with van der Waals surface area (Å²) in [6, 6.07) is 14.6. The summed E-state index contributed by atoms with van der Waals surface area (Å²) in [5, 5.41) is 1.03. The van der Waals surface area contributed by atoms with Gasteiger partial charge >= 0.3 is 0 Å². The lowest BCUT2D eigenvalue weighted by Gasteiger charge is -2.21. The lowest BCUT2D eigenvalue weighted by molar-refractivity contribution is 0.107. The maximum absolute atomic E-state index is 14.2. The standard InChI is InChI=1S/C22H23O2P/c1-5-11-19(12-6-2)25(24,20-15-8-7-9-16-20)22(23)21-17(3)13-10-14-18(21)4/h5-16H,1H2,2-4H3/b12-6-,19-11+. The summed E-state index contributed by atoms with van der Waals surface area (Å²) in [6.07, 6.45) is 6.77. The highest BCUT2D eigenvalue weighted by Crippen LogP contribution is 2.56. The predicted molar refractivity (Wildman–Crippen MR) is 107 cm³/mol. The summed E-state index contributed by atoms with van der Waals surface area (Å²) in [5.41, 5.74) is 1.87. The molecule has 0 saturated heterocycles. The number of benzene rings is 2. The van der Waals surface area contributed by atoms with Gasteiger partial charge in [0.15, 0.2) is 0 Å². The van der Waals surface area contributed by atoms with Crippen LogP contribution in [-0.2, 0) is 4.57 Å². The van der Waals surface area contributed by atoms with Crippen molar-refractivity contribution in [3.05, 3.63) is 101 Å². The molecule has 25 heavy (non-hydrogen) atoms. The maximum atomic E-state index is 14.2. The molecule has 0 fully saturated rings. The Balaban J connectivity index is 2.81. The lowest BCUT2D eigenvalue weighted by atomic mass is 10.0. The molecule has 2 aromatic carbocycles. The monoisotopic (exact) mass is 350 g/mol. The van der Waals surface area contributed by atoms with Crippen LogP contribution in [0.3, 0.4) is 0 Å². The van der Waals surface area contributed by atoms with Crippen LogP contribution >= 0.6 is 7.14 Å². The first-order valence-electron chi connectivity index (χ1n) is 8.19. The highest BCUT2D eigenvalue weighted by Gasteiger charge is 2.38. The number of hydrogen-bond donors (Lipinski definition) is 0. The van der Waals surface area contributed by atoms with Crippen molar-refractivity contribution in [1.82, 2.24) is 0 Å². The maximum Gasteiger partial charge on any atom is 0.230 e. The minimum absolute atomic E-state index is 0.333. The lowest BCUT2D eigenvalue weighted by Crippen LogP contribution is -2.16. The third-order valence-electron chi connectivity index (χ3n) is 4.09. The van der Waals surface area contributed by atoms with E-state index in [1.54, 1.807) is 48.6 Å². The molecule has 0 aromatic heterocycles. The molecule has 2 rings (SSSR count). The van der Waals surface area contributed by atoms with Gasteiger partial charge in [-0.3, -0.25) is 4.79 Å². The van der Waals surface area contributed by atoms with Crippen LogP contribution in [0.1, 0.15) is 28.4 Å². The zero-order valence-corrected chi connectivity index (χ0v) is 15.8. The average molecular weight is 350 g/mol. The van der Waals surface area contributed by atoms with Crippen LogP contribution in [0, 0.1) is 13.8 Å². The molecule has 0 amide bonds. The van der Waals surface area contributed by atoms with Gasteiger partial charge < -0.3 is 4.57 Å². The van der Waals surface area contributed by atoms with Crippen molar-refractivity contribution in [3.63, 3.8) is 0 Å². The summed E-state index contributed by atoms with van der Waals surface area (Å²) in [6.45, 7) is 9.31. The minimum Gasteiger partial charge on any atom is -0.305 e. The Morgan fingerprint density at radius 3 is 2.12 bits per heavy atom. The van der Waals surface area contributed by atoms with E-state index in [4.69, 9.17) is 0 Å². The summed E-state index contributed by atoms with van der Waals surface area (Å²) in [4.78, 5) is 13.5. The number of aryl methyl sites for hydroxylation is 2. The second kappa shape index (κ2) is 8.09. The van der Waals surface area contributed by atoms with E-state index < -0.39 is 7.14 Å². The number of carbonyl (C=O) groups is 1. The van der Waals surface area contributed by atoms with Crippen LogP contribution < -0.4 is 5.30 Å². The van der Waals surface area contributed by atoms with Gasteiger partial charge in [-0.25, -0.2) is 0 Å². The molecule has 0 aliphatic rings. The highest BCUT2D eigenvalue weighted by molar-refractivity contribution is 7.91. The van der Waals surface area contributed by atoms with E-state index in [0.717, 1.165) is 11.1 Å². The van der Waals surface area contributed by atoms with Crippen molar-refractivity contribution < 1.29 is 9.36 Å². The Labute approximate surface area is 150 Å². The fourth-order valence-corrected chi connectivity index (χ4v) is 5.59. The molecule has 0 saturated carbocycles. The predicted octanol–water partition coefficient (Wildman–Crippen LogP) is 5.78. The van der Waals surface area contributed by atoms with Crippen LogP contribution in [0.15, 0.2) is 84.7 Å². The van der Waals surface area contributed by atoms with E-state index in [-0.39, 0.29) is 5.52 Å². The van der Waals surface area contributed by atoms with Crippen molar-refractivity contribution in [2.75, 3.05) is 0 Å². The summed E-state index contributed by atoms with van der Waals surface area (Å²) in [7, 11) is -3.52. The molecular weight excluding hydrogens is 327 g/mol. The molecule has 3 heteroatoms. The van der Waals surface area contributed by atoms with E-state index in [1.165, 1.54) is 0 Å². The first-order valence-corrected chi connectivity index (χ1v) is 9.90. The van der Waals surface area contributed by atoms with Crippen molar-refractivity contribution >= 4 is 18.0 Å². The normalized spacial score (nSPS) is 14.3. The molecule has 0 spiro atoms. The zero-order valence-electron chi connectivity index (χ0n) is 14.9. The van der Waals surface area contributed by atoms with Gasteiger partial charge in [0.25, 0.3) is 0 Å². The van der Waals surface area contributed by atoms with Gasteiger partial charge in [0.05, 0.1) is 0 Å². The number of carbonyl (C=O) groups excluding carboxylic acids is 1. The molecule has 0 radical (unpaired) electrons. The third kappa shape index (κ3) is 3.65. The topological polar surface area (TPSA) is 34.1 Å². The molecular formula is C22H23O2P. The molecule has 1 unspecified atom stereocenters. The van der Waals surface area contributed by atoms with E-state index in [2.05, 4.69) is 6.58 Å². The number of allylic oxidation sites excluding steroid dienone is 5. The zero-order chi connectivity index (χ0) is 18.4. The van der Waals surface area contributed by atoms with E-state index in [0.29, 0.717) is 16.2 Å². The molecule has 0 heterocycles. The van der Waals surface area contributed by atoms with Crippen molar-refractivity contribution in [2.24, 2.45) is 0 Å². The van der Waals surface area contributed by atoms with Crippen LogP contribution in [0.2, 0.25) is 0 Å². The van der Waals surface area contributed by atoms with Crippen molar-refractivity contribution in [3.8, 4) is 0 Å².